The number of aromatic nitrogens is 1. The van der Waals surface area contributed by atoms with Crippen LogP contribution >= 0.6 is 0 Å². The second-order valence-corrected chi connectivity index (χ2v) is 7.54. The van der Waals surface area contributed by atoms with Gasteiger partial charge in [-0.1, -0.05) is 25.1 Å². The molecule has 2 amide bonds. The van der Waals surface area contributed by atoms with Gasteiger partial charge in [0, 0.05) is 61.8 Å². The van der Waals surface area contributed by atoms with Crippen LogP contribution in [0.1, 0.15) is 30.1 Å². The monoisotopic (exact) mass is 382 g/mol. The molecule has 1 aromatic carbocycles. The molecule has 0 aliphatic carbocycles. The van der Waals surface area contributed by atoms with Gasteiger partial charge in [-0.3, -0.25) is 19.3 Å². The van der Waals surface area contributed by atoms with Gasteiger partial charge >= 0.3 is 0 Å². The number of benzene rings is 1. The minimum Gasteiger partial charge on any atom is -0.353 e. The van der Waals surface area contributed by atoms with E-state index in [0.717, 1.165) is 30.4 Å². The van der Waals surface area contributed by atoms with E-state index in [1.807, 2.05) is 42.0 Å². The van der Waals surface area contributed by atoms with Crippen LogP contribution in [0.25, 0.3) is 10.9 Å². The van der Waals surface area contributed by atoms with E-state index in [4.69, 9.17) is 0 Å². The number of para-hydroxylation sites is 1. The first kappa shape index (κ1) is 18.7. The van der Waals surface area contributed by atoms with Crippen LogP contribution in [0.5, 0.6) is 0 Å². The molecule has 28 heavy (non-hydrogen) atoms. The summed E-state index contributed by atoms with van der Waals surface area (Å²) < 4.78 is 1.87. The molecule has 7 heteroatoms. The fourth-order valence-electron chi connectivity index (χ4n) is 4.21. The van der Waals surface area contributed by atoms with Crippen molar-refractivity contribution >= 4 is 28.5 Å². The molecule has 1 N–H and O–H groups in total. The summed E-state index contributed by atoms with van der Waals surface area (Å²) in [7, 11) is 0. The van der Waals surface area contributed by atoms with Crippen LogP contribution in [0.2, 0.25) is 0 Å². The van der Waals surface area contributed by atoms with Gasteiger partial charge in [0.2, 0.25) is 11.8 Å². The maximum atomic E-state index is 13.0. The van der Waals surface area contributed by atoms with Crippen molar-refractivity contribution in [1.29, 1.82) is 0 Å². The summed E-state index contributed by atoms with van der Waals surface area (Å²) in [5, 5.41) is 3.77. The van der Waals surface area contributed by atoms with Gasteiger partial charge in [-0.25, -0.2) is 0 Å². The van der Waals surface area contributed by atoms with Crippen molar-refractivity contribution in [2.45, 2.75) is 32.4 Å². The number of carbonyl (C=O) groups is 3. The summed E-state index contributed by atoms with van der Waals surface area (Å²) in [5.41, 5.74) is 1.58. The normalized spacial score (nSPS) is 20.1. The first-order chi connectivity index (χ1) is 13.6. The van der Waals surface area contributed by atoms with E-state index in [9.17, 15) is 14.4 Å². The van der Waals surface area contributed by atoms with Crippen molar-refractivity contribution in [3.8, 4) is 0 Å². The Morgan fingerprint density at radius 1 is 1.18 bits per heavy atom. The van der Waals surface area contributed by atoms with Gasteiger partial charge in [-0.15, -0.1) is 0 Å². The lowest BCUT2D eigenvalue weighted by Crippen LogP contribution is -2.64. The minimum absolute atomic E-state index is 0.00242. The number of amides is 2. The Labute approximate surface area is 164 Å². The van der Waals surface area contributed by atoms with Crippen molar-refractivity contribution in [3.63, 3.8) is 0 Å². The number of fused-ring (bicyclic) bond motifs is 2. The smallest absolute Gasteiger partial charge is 0.242 e. The molecular weight excluding hydrogens is 356 g/mol. The van der Waals surface area contributed by atoms with Crippen LogP contribution < -0.4 is 5.32 Å². The summed E-state index contributed by atoms with van der Waals surface area (Å²) >= 11 is 0. The summed E-state index contributed by atoms with van der Waals surface area (Å²) in [6.45, 7) is 5.44. The summed E-state index contributed by atoms with van der Waals surface area (Å²) in [6, 6.07) is 7.46. The molecule has 2 aliphatic heterocycles. The van der Waals surface area contributed by atoms with E-state index < -0.39 is 0 Å². The molecule has 2 aromatic rings. The molecule has 2 fully saturated rings. The number of carbonyl (C=O) groups excluding carboxylic acids is 3. The van der Waals surface area contributed by atoms with Crippen molar-refractivity contribution in [1.82, 2.24) is 19.7 Å². The van der Waals surface area contributed by atoms with E-state index in [0.29, 0.717) is 31.6 Å². The average molecular weight is 382 g/mol. The molecule has 148 valence electrons. The highest BCUT2D eigenvalue weighted by atomic mass is 16.2. The molecule has 0 spiro atoms. The summed E-state index contributed by atoms with van der Waals surface area (Å²) in [5.74, 6) is 0.0910. The van der Waals surface area contributed by atoms with Crippen LogP contribution in [-0.4, -0.2) is 70.7 Å². The quantitative estimate of drug-likeness (QED) is 0.791. The molecule has 0 saturated carbocycles. The fraction of sp³-hybridized carbons (Fsp3) is 0.476. The molecule has 2 saturated heterocycles. The van der Waals surface area contributed by atoms with Crippen LogP contribution in [-0.2, 0) is 16.1 Å². The third-order valence-corrected chi connectivity index (χ3v) is 5.72. The number of hydrogen-bond acceptors (Lipinski definition) is 4. The number of rotatable bonds is 5. The lowest BCUT2D eigenvalue weighted by molar-refractivity contribution is -0.140. The molecule has 0 radical (unpaired) electrons. The maximum absolute atomic E-state index is 13.0. The van der Waals surface area contributed by atoms with Gasteiger partial charge in [-0.2, -0.15) is 0 Å². The van der Waals surface area contributed by atoms with Gasteiger partial charge in [0.05, 0.1) is 0 Å². The van der Waals surface area contributed by atoms with Crippen molar-refractivity contribution in [2.75, 3.05) is 32.7 Å². The number of nitrogens with zero attached hydrogens (tertiary/aromatic N) is 3. The molecule has 3 heterocycles. The highest BCUT2D eigenvalue weighted by Gasteiger charge is 2.36. The molecule has 4 rings (SSSR count). The Balaban J connectivity index is 1.54. The molecule has 2 aliphatic rings. The van der Waals surface area contributed by atoms with E-state index >= 15 is 0 Å². The van der Waals surface area contributed by atoms with Crippen LogP contribution in [0, 0.1) is 0 Å². The first-order valence-corrected chi connectivity index (χ1v) is 9.99. The van der Waals surface area contributed by atoms with Crippen LogP contribution in [0.3, 0.4) is 0 Å². The van der Waals surface area contributed by atoms with E-state index in [1.165, 1.54) is 0 Å². The first-order valence-electron chi connectivity index (χ1n) is 9.99. The van der Waals surface area contributed by atoms with Crippen molar-refractivity contribution in [2.24, 2.45) is 0 Å². The predicted molar refractivity (Wildman–Crippen MR) is 106 cm³/mol. The standard InChI is InChI=1S/C21H26N4O3/c1-2-5-19(26)16-12-25(17-7-4-3-6-15(16)17)14-20(27)24-11-10-23-9-8-22-21(28)18(23)13-24/h3-4,6-7,12,18H,2,5,8-11,13-14H2,1H3,(H,22,28). The summed E-state index contributed by atoms with van der Waals surface area (Å²) in [4.78, 5) is 41.5. The SMILES string of the molecule is CCCC(=O)c1cn(CC(=O)N2CCN3CCNC(=O)C3C2)c2ccccc12. The number of nitrogens with one attached hydrogen (secondary N) is 1. The third-order valence-electron chi connectivity index (χ3n) is 5.72. The maximum Gasteiger partial charge on any atom is 0.242 e. The Morgan fingerprint density at radius 3 is 2.82 bits per heavy atom. The fourth-order valence-corrected chi connectivity index (χ4v) is 4.21. The van der Waals surface area contributed by atoms with Crippen LogP contribution in [0.4, 0.5) is 0 Å². The number of Topliss-reactive ketones (excluding diaryl/α,β-unsaturated/α-hetero) is 1. The Morgan fingerprint density at radius 2 is 2.00 bits per heavy atom. The highest BCUT2D eigenvalue weighted by Crippen LogP contribution is 2.23. The Kier molecular flexibility index (Phi) is 5.17. The second-order valence-electron chi connectivity index (χ2n) is 7.54. The molecular formula is C21H26N4O3. The molecule has 7 nitrogen and oxygen atoms in total. The Hall–Kier alpha value is -2.67. The second kappa shape index (κ2) is 7.75. The molecule has 0 bridgehead atoms. The molecule has 1 unspecified atom stereocenters. The third kappa shape index (κ3) is 3.42. The number of ketones is 1. The highest BCUT2D eigenvalue weighted by molar-refractivity contribution is 6.08. The van der Waals surface area contributed by atoms with Crippen LogP contribution in [0.15, 0.2) is 30.5 Å². The van der Waals surface area contributed by atoms with Gasteiger partial charge < -0.3 is 14.8 Å². The van der Waals surface area contributed by atoms with Crippen molar-refractivity contribution in [3.05, 3.63) is 36.0 Å². The lowest BCUT2D eigenvalue weighted by atomic mass is 10.1. The zero-order chi connectivity index (χ0) is 19.7. The zero-order valence-electron chi connectivity index (χ0n) is 16.2. The largest absolute Gasteiger partial charge is 0.353 e. The molecule has 1 atom stereocenters. The minimum atomic E-state index is -0.255. The topological polar surface area (TPSA) is 74.7 Å². The van der Waals surface area contributed by atoms with Gasteiger partial charge in [0.1, 0.15) is 12.6 Å². The Bertz CT molecular complexity index is 920. The number of piperazine rings is 2. The predicted octanol–water partition coefficient (Wildman–Crippen LogP) is 1.27. The van der Waals surface area contributed by atoms with E-state index in [-0.39, 0.29) is 30.2 Å². The zero-order valence-corrected chi connectivity index (χ0v) is 16.2. The number of hydrogen-bond donors (Lipinski definition) is 1. The van der Waals surface area contributed by atoms with Crippen molar-refractivity contribution < 1.29 is 14.4 Å². The molecule has 1 aromatic heterocycles. The summed E-state index contributed by atoms with van der Waals surface area (Å²) in [6.07, 6.45) is 3.11. The van der Waals surface area contributed by atoms with E-state index in [1.54, 1.807) is 4.90 Å². The van der Waals surface area contributed by atoms with Gasteiger partial charge in [-0.05, 0) is 12.5 Å². The lowest BCUT2D eigenvalue weighted by Gasteiger charge is -2.43. The average Bonchev–Trinajstić information content (AvgIpc) is 3.07. The van der Waals surface area contributed by atoms with E-state index in [2.05, 4.69) is 10.2 Å². The van der Waals surface area contributed by atoms with Gasteiger partial charge in [0.25, 0.3) is 0 Å². The van der Waals surface area contributed by atoms with Gasteiger partial charge in [0.15, 0.2) is 5.78 Å².